The van der Waals surface area contributed by atoms with Gasteiger partial charge in [0.25, 0.3) is 0 Å². The molecule has 3 heterocycles. The van der Waals surface area contributed by atoms with Gasteiger partial charge in [0.2, 0.25) is 70.9 Å². The van der Waals surface area contributed by atoms with Crippen molar-refractivity contribution in [1.82, 2.24) is 68.5 Å². The van der Waals surface area contributed by atoms with Crippen molar-refractivity contribution >= 4 is 99.6 Å². The Morgan fingerprint density at radius 3 is 1.85 bits per heavy atom. The number of aromatic nitrogens is 2. The predicted molar refractivity (Wildman–Crippen MR) is 374 cm³/mol. The number of hydrogen-bond donors (Lipinski definition) is 17. The number of aromatic amines is 1. The number of carbonyl (C=O) groups is 14. The molecule has 12 amide bonds. The molecule has 4 rings (SSSR count). The fourth-order valence-electron chi connectivity index (χ4n) is 11.0. The van der Waals surface area contributed by atoms with Crippen LogP contribution in [0.25, 0.3) is 0 Å². The zero-order valence-electron chi connectivity index (χ0n) is 58.9. The van der Waals surface area contributed by atoms with Crippen molar-refractivity contribution in [3.63, 3.8) is 0 Å². The SMILES string of the molecule is CC[C@H](C)[C@H](N)C1=N[C@H](C(=O)N[C@@H](CC(C)C)C(=O)N[C@@H](CCC(=O)O)C(=O)N[C@H](C(=O)NC2CCCCNC(=O)C(CC(N)=O)NC(=O)[C@H](CC(=O)O)NC(=O)[C@H](Cc3cnc[nH]3)NC(=O)C(Cc3ccccc3)NC(=O)[C@H]([C@@H](C)CC)NC(=O)C(CCCCN)NC2=O)[C@@H](C)CC)CS1. The van der Waals surface area contributed by atoms with Gasteiger partial charge in [0, 0.05) is 43.5 Å². The number of thioether (sulfide) groups is 1. The Balaban J connectivity index is 1.78. The van der Waals surface area contributed by atoms with E-state index in [4.69, 9.17) is 17.2 Å². The van der Waals surface area contributed by atoms with Crippen LogP contribution in [0.2, 0.25) is 0 Å². The lowest BCUT2D eigenvalue weighted by atomic mass is 9.96. The minimum Gasteiger partial charge on any atom is -0.481 e. The van der Waals surface area contributed by atoms with Crippen molar-refractivity contribution in [2.75, 3.05) is 18.8 Å². The number of imidazole rings is 1. The van der Waals surface area contributed by atoms with Gasteiger partial charge in [-0.3, -0.25) is 72.1 Å². The summed E-state index contributed by atoms with van der Waals surface area (Å²) in [6, 6.07) is -8.28. The smallest absolute Gasteiger partial charge is 0.305 e. The number of hydrogen-bond acceptors (Lipinski definition) is 19. The molecule has 0 bridgehead atoms. The molecule has 4 unspecified atom stereocenters. The number of rotatable bonds is 32. The van der Waals surface area contributed by atoms with Gasteiger partial charge in [-0.15, -0.1) is 11.8 Å². The number of carboxylic acids is 2. The molecular weight excluding hydrogens is 1330 g/mol. The first kappa shape index (κ1) is 84.4. The Morgan fingerprint density at radius 1 is 0.653 bits per heavy atom. The van der Waals surface area contributed by atoms with E-state index in [0.29, 0.717) is 22.7 Å². The zero-order valence-corrected chi connectivity index (χ0v) is 59.7. The van der Waals surface area contributed by atoms with Crippen molar-refractivity contribution in [1.29, 1.82) is 0 Å². The Labute approximate surface area is 592 Å². The van der Waals surface area contributed by atoms with Crippen LogP contribution in [0.3, 0.4) is 0 Å². The van der Waals surface area contributed by atoms with Crippen LogP contribution < -0.4 is 75.7 Å². The van der Waals surface area contributed by atoms with Gasteiger partial charge in [-0.2, -0.15) is 0 Å². The monoisotopic (exact) mass is 1440 g/mol. The van der Waals surface area contributed by atoms with Gasteiger partial charge >= 0.3 is 11.9 Å². The van der Waals surface area contributed by atoms with E-state index in [9.17, 15) is 77.3 Å². The zero-order chi connectivity index (χ0) is 75.0. The van der Waals surface area contributed by atoms with Crippen molar-refractivity contribution < 1.29 is 77.3 Å². The fraction of sp³-hybridized carbons (Fsp3) is 0.642. The van der Waals surface area contributed by atoms with Crippen LogP contribution in [0.4, 0.5) is 0 Å². The van der Waals surface area contributed by atoms with Crippen molar-refractivity contribution in [2.24, 2.45) is 45.9 Å². The summed E-state index contributed by atoms with van der Waals surface area (Å²) < 4.78 is 0. The number of carbonyl (C=O) groups excluding carboxylic acids is 12. The number of unbranched alkanes of at least 4 members (excludes halogenated alkanes) is 1. The molecule has 15 atom stereocenters. The van der Waals surface area contributed by atoms with E-state index in [1.54, 1.807) is 58.0 Å². The van der Waals surface area contributed by atoms with E-state index in [2.05, 4.69) is 73.4 Å². The number of nitrogens with zero attached hydrogens (tertiary/aromatic N) is 2. The first-order chi connectivity index (χ1) is 47.9. The Morgan fingerprint density at radius 2 is 1.26 bits per heavy atom. The molecule has 20 N–H and O–H groups in total. The topological polar surface area (TPSA) is 531 Å². The summed E-state index contributed by atoms with van der Waals surface area (Å²) in [5.74, 6) is -15.3. The van der Waals surface area contributed by atoms with Crippen molar-refractivity contribution in [2.45, 2.75) is 231 Å². The van der Waals surface area contributed by atoms with E-state index in [1.807, 2.05) is 27.7 Å². The Hall–Kier alpha value is -9.05. The van der Waals surface area contributed by atoms with E-state index < -0.39 is 193 Å². The number of nitrogens with two attached hydrogens (primary N) is 3. The number of amides is 12. The maximum Gasteiger partial charge on any atom is 0.305 e. The standard InChI is InChI=1S/C67H105N17O16S/c1-9-36(6)53(70)67-82-49(33-101-67)64(98)77-44(27-35(4)5)60(94)75-43(23-24-51(86)87)59(93)84-54(37(7)10-2)65(99)76-41-22-16-18-26-72-56(90)47(30-50(69)85)79-63(97)48(31-52(88)89)80-62(96)46(29-40-32-71-34-73-40)78-61(95)45(28-39-19-13-12-14-20-39)81-66(100)55(38(8)11-3)83-58(92)42(74-57(41)91)21-15-17-25-68/h12-14,19-20,32,34-38,41-49,53-55H,9-11,15-18,21-31,33,68,70H2,1-8H3,(H2,69,85)(H,71,73)(H,72,90)(H,74,91)(H,75,94)(H,76,99)(H,77,98)(H,78,95)(H,79,97)(H,80,96)(H,81,100)(H,83,92)(H,84,93)(H,86,87)(H,88,89)/t36-,37-,38-,41?,42?,43-,44-,45?,46-,47?,48-,49-,53-,54-,55-/m0/s1. The van der Waals surface area contributed by atoms with Crippen LogP contribution in [-0.2, 0) is 80.0 Å². The normalized spacial score (nSPS) is 23.0. The number of H-pyrrole nitrogens is 1. The number of aliphatic carboxylic acids is 2. The molecule has 34 heteroatoms. The summed E-state index contributed by atoms with van der Waals surface area (Å²) in [4.78, 5) is 207. The number of nitrogens with one attached hydrogen (secondary N) is 12. The fourth-order valence-corrected chi connectivity index (χ4v) is 12.2. The molecule has 1 fully saturated rings. The average molecular weight is 1440 g/mol. The first-order valence-corrected chi connectivity index (χ1v) is 35.6. The lowest BCUT2D eigenvalue weighted by Gasteiger charge is -2.30. The highest BCUT2D eigenvalue weighted by atomic mass is 32.2. The summed E-state index contributed by atoms with van der Waals surface area (Å²) in [6.45, 7) is 14.3. The van der Waals surface area contributed by atoms with Gasteiger partial charge in [0.15, 0.2) is 0 Å². The van der Waals surface area contributed by atoms with Crippen molar-refractivity contribution in [3.8, 4) is 0 Å². The largest absolute Gasteiger partial charge is 0.481 e. The highest BCUT2D eigenvalue weighted by Crippen LogP contribution is 2.25. The molecule has 2 aromatic rings. The molecule has 2 aliphatic heterocycles. The number of aliphatic imine (C=N–C) groups is 1. The van der Waals surface area contributed by atoms with Gasteiger partial charge in [-0.1, -0.05) is 105 Å². The van der Waals surface area contributed by atoms with Crippen LogP contribution >= 0.6 is 11.8 Å². The Kier molecular flexibility index (Phi) is 35.8. The van der Waals surface area contributed by atoms with Crippen LogP contribution in [0, 0.1) is 23.7 Å². The molecule has 33 nitrogen and oxygen atoms in total. The van der Waals surface area contributed by atoms with Gasteiger partial charge < -0.3 is 90.9 Å². The summed E-state index contributed by atoms with van der Waals surface area (Å²) in [5, 5.41) is 49.2. The molecule has 0 saturated carbocycles. The predicted octanol–water partition coefficient (Wildman–Crippen LogP) is -1.29. The molecule has 0 aliphatic carbocycles. The molecule has 2 aliphatic rings. The minimum atomic E-state index is -1.94. The summed E-state index contributed by atoms with van der Waals surface area (Å²) in [5.41, 5.74) is 18.7. The van der Waals surface area contributed by atoms with Gasteiger partial charge in [0.1, 0.15) is 66.5 Å². The summed E-state index contributed by atoms with van der Waals surface area (Å²) >= 11 is 1.35. The van der Waals surface area contributed by atoms with E-state index in [0.717, 1.165) is 6.42 Å². The van der Waals surface area contributed by atoms with Crippen LogP contribution in [0.5, 0.6) is 0 Å². The lowest BCUT2D eigenvalue weighted by molar-refractivity contribution is -0.142. The third-order valence-corrected chi connectivity index (χ3v) is 18.9. The third-order valence-electron chi connectivity index (χ3n) is 17.7. The molecule has 560 valence electrons. The second kappa shape index (κ2) is 42.9. The molecule has 1 aromatic heterocycles. The van der Waals surface area contributed by atoms with Gasteiger partial charge in [0.05, 0.1) is 30.3 Å². The third kappa shape index (κ3) is 28.5. The average Bonchev–Trinajstić information content (AvgIpc) is 1.76. The molecule has 1 saturated heterocycles. The van der Waals surface area contributed by atoms with E-state index >= 15 is 0 Å². The van der Waals surface area contributed by atoms with Crippen LogP contribution in [0.15, 0.2) is 47.8 Å². The van der Waals surface area contributed by atoms with Crippen LogP contribution in [0.1, 0.15) is 157 Å². The minimum absolute atomic E-state index is 0.00551. The quantitative estimate of drug-likeness (QED) is 0.0379. The van der Waals surface area contributed by atoms with Crippen LogP contribution in [-0.4, -0.2) is 199 Å². The van der Waals surface area contributed by atoms with Gasteiger partial charge in [-0.25, -0.2) is 4.98 Å². The number of primary amides is 1. The molecular formula is C67H105N17O16S. The second-order valence-corrected chi connectivity index (χ2v) is 27.4. The summed E-state index contributed by atoms with van der Waals surface area (Å²) in [6.07, 6.45) is 0.957. The maximum absolute atomic E-state index is 15.0. The van der Waals surface area contributed by atoms with Gasteiger partial charge in [-0.05, 0) is 87.1 Å². The molecule has 0 radical (unpaired) electrons. The number of carboxylic acid groups (broad SMARTS) is 2. The first-order valence-electron chi connectivity index (χ1n) is 34.6. The lowest BCUT2D eigenvalue weighted by Crippen LogP contribution is -2.62. The Bertz CT molecular complexity index is 3180. The highest BCUT2D eigenvalue weighted by molar-refractivity contribution is 8.14. The molecule has 0 spiro atoms. The molecule has 1 aromatic carbocycles. The maximum atomic E-state index is 15.0. The second-order valence-electron chi connectivity index (χ2n) is 26.3. The molecule has 101 heavy (non-hydrogen) atoms. The summed E-state index contributed by atoms with van der Waals surface area (Å²) in [7, 11) is 0. The van der Waals surface area contributed by atoms with E-state index in [-0.39, 0.29) is 94.9 Å². The number of benzene rings is 1. The van der Waals surface area contributed by atoms with E-state index in [1.165, 1.54) is 24.3 Å². The highest BCUT2D eigenvalue weighted by Gasteiger charge is 2.40. The van der Waals surface area contributed by atoms with Crippen molar-refractivity contribution in [3.05, 3.63) is 54.1 Å².